The standard InChI is InChI=1S/C16H16Cl2N2O/c17-12-6-11(16(21)14(18)7-12)9-20-5-4-13-10(8-20)2-1-3-15(13)19/h1-3,6-7,21H,4-5,8-9,19H2. The Morgan fingerprint density at radius 1 is 1.24 bits per heavy atom. The predicted octanol–water partition coefficient (Wildman–Crippen LogP) is 3.84. The topological polar surface area (TPSA) is 49.5 Å². The van der Waals surface area contributed by atoms with E-state index in [1.807, 2.05) is 12.1 Å². The number of phenolic OH excluding ortho intramolecular Hbond substituents is 1. The molecule has 3 rings (SSSR count). The lowest BCUT2D eigenvalue weighted by Gasteiger charge is -2.29. The Bertz CT molecular complexity index is 688. The quantitative estimate of drug-likeness (QED) is 0.826. The molecule has 1 heterocycles. The van der Waals surface area contributed by atoms with Crippen LogP contribution in [0.3, 0.4) is 0 Å². The number of rotatable bonds is 2. The van der Waals surface area contributed by atoms with E-state index >= 15 is 0 Å². The van der Waals surface area contributed by atoms with Crippen LogP contribution in [0.25, 0.3) is 0 Å². The number of nitrogens with zero attached hydrogens (tertiary/aromatic N) is 1. The van der Waals surface area contributed by atoms with E-state index in [-0.39, 0.29) is 5.75 Å². The minimum atomic E-state index is 0.111. The molecule has 3 N–H and O–H groups in total. The second kappa shape index (κ2) is 5.76. The molecule has 0 saturated carbocycles. The SMILES string of the molecule is Nc1cccc2c1CCN(Cc1cc(Cl)cc(Cl)c1O)C2. The van der Waals surface area contributed by atoms with Crippen LogP contribution in [-0.2, 0) is 19.5 Å². The Morgan fingerprint density at radius 3 is 2.86 bits per heavy atom. The number of anilines is 1. The molecule has 0 amide bonds. The van der Waals surface area contributed by atoms with Crippen molar-refractivity contribution >= 4 is 28.9 Å². The van der Waals surface area contributed by atoms with Gasteiger partial charge >= 0.3 is 0 Å². The second-order valence-corrected chi connectivity index (χ2v) is 6.18. The maximum atomic E-state index is 10.1. The fourth-order valence-electron chi connectivity index (χ4n) is 2.81. The van der Waals surface area contributed by atoms with Crippen LogP contribution < -0.4 is 5.73 Å². The van der Waals surface area contributed by atoms with Crippen LogP contribution in [0.1, 0.15) is 16.7 Å². The zero-order chi connectivity index (χ0) is 15.0. The number of fused-ring (bicyclic) bond motifs is 1. The summed E-state index contributed by atoms with van der Waals surface area (Å²) in [6, 6.07) is 9.33. The van der Waals surface area contributed by atoms with Gasteiger partial charge in [-0.2, -0.15) is 0 Å². The zero-order valence-electron chi connectivity index (χ0n) is 11.4. The highest BCUT2D eigenvalue weighted by Crippen LogP contribution is 2.33. The third-order valence-electron chi connectivity index (χ3n) is 3.88. The summed E-state index contributed by atoms with van der Waals surface area (Å²) < 4.78 is 0. The molecular weight excluding hydrogens is 307 g/mol. The molecule has 5 heteroatoms. The summed E-state index contributed by atoms with van der Waals surface area (Å²) in [7, 11) is 0. The molecule has 0 fully saturated rings. The smallest absolute Gasteiger partial charge is 0.138 e. The predicted molar refractivity (Wildman–Crippen MR) is 86.8 cm³/mol. The molecule has 0 radical (unpaired) electrons. The monoisotopic (exact) mass is 322 g/mol. The molecule has 0 bridgehead atoms. The van der Waals surface area contributed by atoms with E-state index in [0.29, 0.717) is 16.6 Å². The van der Waals surface area contributed by atoms with Crippen molar-refractivity contribution in [3.63, 3.8) is 0 Å². The van der Waals surface area contributed by atoms with Gasteiger partial charge in [-0.05, 0) is 35.7 Å². The number of nitrogens with two attached hydrogens (primary N) is 1. The first-order valence-corrected chi connectivity index (χ1v) is 7.55. The van der Waals surface area contributed by atoms with Gasteiger partial charge in [-0.25, -0.2) is 0 Å². The van der Waals surface area contributed by atoms with Gasteiger partial charge in [0.25, 0.3) is 0 Å². The van der Waals surface area contributed by atoms with Gasteiger partial charge in [0.05, 0.1) is 5.02 Å². The molecule has 0 atom stereocenters. The zero-order valence-corrected chi connectivity index (χ0v) is 13.0. The fraction of sp³-hybridized carbons (Fsp3) is 0.250. The van der Waals surface area contributed by atoms with Gasteiger partial charge in [0.15, 0.2) is 0 Å². The summed E-state index contributed by atoms with van der Waals surface area (Å²) in [6.07, 6.45) is 0.914. The van der Waals surface area contributed by atoms with Crippen molar-refractivity contribution < 1.29 is 5.11 Å². The Kier molecular flexibility index (Phi) is 3.98. The van der Waals surface area contributed by atoms with Gasteiger partial charge < -0.3 is 10.8 Å². The lowest BCUT2D eigenvalue weighted by Crippen LogP contribution is -2.30. The second-order valence-electron chi connectivity index (χ2n) is 5.34. The van der Waals surface area contributed by atoms with Crippen LogP contribution in [0.15, 0.2) is 30.3 Å². The maximum Gasteiger partial charge on any atom is 0.138 e. The molecule has 2 aromatic rings. The minimum Gasteiger partial charge on any atom is -0.506 e. The first-order chi connectivity index (χ1) is 10.0. The van der Waals surface area contributed by atoms with E-state index in [0.717, 1.165) is 30.8 Å². The summed E-state index contributed by atoms with van der Waals surface area (Å²) in [5.41, 5.74) is 10.1. The summed E-state index contributed by atoms with van der Waals surface area (Å²) in [6.45, 7) is 2.31. The van der Waals surface area contributed by atoms with Gasteiger partial charge in [0.1, 0.15) is 5.75 Å². The molecule has 1 aliphatic heterocycles. The molecule has 0 aromatic heterocycles. The minimum absolute atomic E-state index is 0.111. The van der Waals surface area contributed by atoms with Crippen LogP contribution in [0.5, 0.6) is 5.75 Å². The van der Waals surface area contributed by atoms with Crippen LogP contribution in [0, 0.1) is 0 Å². The number of nitrogen functional groups attached to an aromatic ring is 1. The number of halogens is 2. The van der Waals surface area contributed by atoms with E-state index in [9.17, 15) is 5.11 Å². The Hall–Kier alpha value is -1.42. The maximum absolute atomic E-state index is 10.1. The Balaban J connectivity index is 1.82. The molecule has 0 unspecified atom stereocenters. The average Bonchev–Trinajstić information content (AvgIpc) is 2.44. The van der Waals surface area contributed by atoms with Crippen molar-refractivity contribution in [2.75, 3.05) is 12.3 Å². The number of hydrogen-bond acceptors (Lipinski definition) is 3. The van der Waals surface area contributed by atoms with Crippen molar-refractivity contribution in [1.82, 2.24) is 4.90 Å². The van der Waals surface area contributed by atoms with Crippen LogP contribution in [-0.4, -0.2) is 16.6 Å². The summed E-state index contributed by atoms with van der Waals surface area (Å²) in [5.74, 6) is 0.111. The summed E-state index contributed by atoms with van der Waals surface area (Å²) >= 11 is 12.0. The van der Waals surface area contributed by atoms with Crippen LogP contribution in [0.4, 0.5) is 5.69 Å². The lowest BCUT2D eigenvalue weighted by atomic mass is 9.97. The van der Waals surface area contributed by atoms with Gasteiger partial charge in [-0.1, -0.05) is 35.3 Å². The van der Waals surface area contributed by atoms with E-state index in [1.165, 1.54) is 11.1 Å². The highest BCUT2D eigenvalue weighted by atomic mass is 35.5. The van der Waals surface area contributed by atoms with E-state index in [4.69, 9.17) is 28.9 Å². The first kappa shape index (κ1) is 14.5. The molecule has 0 spiro atoms. The number of phenols is 1. The first-order valence-electron chi connectivity index (χ1n) is 6.80. The highest BCUT2D eigenvalue weighted by Gasteiger charge is 2.19. The third kappa shape index (κ3) is 2.95. The summed E-state index contributed by atoms with van der Waals surface area (Å²) in [4.78, 5) is 2.25. The Labute approximate surface area is 133 Å². The van der Waals surface area contributed by atoms with E-state index in [1.54, 1.807) is 12.1 Å². The third-order valence-corrected chi connectivity index (χ3v) is 4.39. The van der Waals surface area contributed by atoms with Gasteiger partial charge in [-0.15, -0.1) is 0 Å². The molecule has 110 valence electrons. The molecule has 21 heavy (non-hydrogen) atoms. The lowest BCUT2D eigenvalue weighted by molar-refractivity contribution is 0.242. The van der Waals surface area contributed by atoms with Gasteiger partial charge in [0.2, 0.25) is 0 Å². The van der Waals surface area contributed by atoms with E-state index in [2.05, 4.69) is 11.0 Å². The van der Waals surface area contributed by atoms with Crippen molar-refractivity contribution in [3.05, 3.63) is 57.1 Å². The fourth-order valence-corrected chi connectivity index (χ4v) is 3.35. The normalized spacial score (nSPS) is 15.0. The largest absolute Gasteiger partial charge is 0.506 e. The molecule has 1 aliphatic rings. The number of aromatic hydroxyl groups is 1. The van der Waals surface area contributed by atoms with Crippen molar-refractivity contribution in [1.29, 1.82) is 0 Å². The van der Waals surface area contributed by atoms with Crippen molar-refractivity contribution in [3.8, 4) is 5.75 Å². The number of hydrogen-bond donors (Lipinski definition) is 2. The Morgan fingerprint density at radius 2 is 2.05 bits per heavy atom. The molecular formula is C16H16Cl2N2O. The summed E-state index contributed by atoms with van der Waals surface area (Å²) in [5, 5.41) is 10.9. The highest BCUT2D eigenvalue weighted by molar-refractivity contribution is 6.35. The molecule has 3 nitrogen and oxygen atoms in total. The van der Waals surface area contributed by atoms with Crippen LogP contribution in [0.2, 0.25) is 10.0 Å². The molecule has 2 aromatic carbocycles. The average molecular weight is 323 g/mol. The van der Waals surface area contributed by atoms with Gasteiger partial charge in [-0.3, -0.25) is 4.90 Å². The van der Waals surface area contributed by atoms with Gasteiger partial charge in [0, 0.05) is 35.9 Å². The molecule has 0 aliphatic carbocycles. The molecule has 0 saturated heterocycles. The van der Waals surface area contributed by atoms with Crippen LogP contribution >= 0.6 is 23.2 Å². The number of benzene rings is 2. The van der Waals surface area contributed by atoms with Crippen molar-refractivity contribution in [2.24, 2.45) is 0 Å². The van der Waals surface area contributed by atoms with Crippen molar-refractivity contribution in [2.45, 2.75) is 19.5 Å². The van der Waals surface area contributed by atoms with E-state index < -0.39 is 0 Å².